The molecular weight excluding hydrogens is 278 g/mol. The molecule has 0 aliphatic carbocycles. The molecule has 0 amide bonds. The molecule has 1 aromatic heterocycles. The van der Waals surface area contributed by atoms with Crippen molar-refractivity contribution in [2.45, 2.75) is 25.2 Å². The van der Waals surface area contributed by atoms with Gasteiger partial charge in [-0.15, -0.1) is 0 Å². The van der Waals surface area contributed by atoms with E-state index in [9.17, 15) is 8.42 Å². The Labute approximate surface area is 119 Å². The Kier molecular flexibility index (Phi) is 5.88. The van der Waals surface area contributed by atoms with E-state index in [-0.39, 0.29) is 29.5 Å². The molecule has 0 aromatic carbocycles. The number of nitrogens with two attached hydrogens (primary N) is 1. The van der Waals surface area contributed by atoms with E-state index < -0.39 is 10.0 Å². The lowest BCUT2D eigenvalue weighted by molar-refractivity contribution is 0.373. The number of nitrogens with zero attached hydrogens (tertiary/aromatic N) is 3. The lowest BCUT2D eigenvalue weighted by atomic mass is 10.2. The van der Waals surface area contributed by atoms with Gasteiger partial charge in [-0.25, -0.2) is 8.42 Å². The number of sulfonamides is 1. The summed E-state index contributed by atoms with van der Waals surface area (Å²) in [5.74, 6) is 5.48. The molecule has 7 nitrogen and oxygen atoms in total. The SMILES string of the molecule is CC(C)CN(CCC#N)S(=O)(=O)c1cnccc1NN. The number of nitrogens with one attached hydrogen (secondary N) is 1. The minimum absolute atomic E-state index is 0.0149. The van der Waals surface area contributed by atoms with E-state index in [2.05, 4.69) is 10.4 Å². The molecule has 0 saturated heterocycles. The van der Waals surface area contributed by atoms with Gasteiger partial charge in [0.05, 0.1) is 11.8 Å². The summed E-state index contributed by atoms with van der Waals surface area (Å²) in [5, 5.41) is 8.67. The van der Waals surface area contributed by atoms with Crippen LogP contribution in [0, 0.1) is 17.2 Å². The third-order valence-electron chi connectivity index (χ3n) is 2.60. The number of nitriles is 1. The van der Waals surface area contributed by atoms with Crippen molar-refractivity contribution in [3.8, 4) is 6.07 Å². The Morgan fingerprint density at radius 3 is 2.80 bits per heavy atom. The predicted octanol–water partition coefficient (Wildman–Crippen LogP) is 0.928. The van der Waals surface area contributed by atoms with Crippen LogP contribution in [0.4, 0.5) is 5.69 Å². The van der Waals surface area contributed by atoms with Crippen LogP contribution < -0.4 is 11.3 Å². The van der Waals surface area contributed by atoms with Gasteiger partial charge in [-0.1, -0.05) is 13.8 Å². The normalized spacial score (nSPS) is 11.6. The quantitative estimate of drug-likeness (QED) is 0.572. The van der Waals surface area contributed by atoms with Gasteiger partial charge in [0.1, 0.15) is 4.90 Å². The first-order valence-electron chi connectivity index (χ1n) is 6.21. The highest BCUT2D eigenvalue weighted by Gasteiger charge is 2.27. The fourth-order valence-corrected chi connectivity index (χ4v) is 3.44. The second kappa shape index (κ2) is 7.19. The number of hydrogen-bond donors (Lipinski definition) is 2. The molecule has 1 rings (SSSR count). The van der Waals surface area contributed by atoms with E-state index >= 15 is 0 Å². The van der Waals surface area contributed by atoms with Gasteiger partial charge in [-0.05, 0) is 12.0 Å². The van der Waals surface area contributed by atoms with E-state index in [1.807, 2.05) is 19.9 Å². The highest BCUT2D eigenvalue weighted by Crippen LogP contribution is 2.23. The van der Waals surface area contributed by atoms with Gasteiger partial charge in [-0.2, -0.15) is 9.57 Å². The van der Waals surface area contributed by atoms with Crippen molar-refractivity contribution in [3.63, 3.8) is 0 Å². The topological polar surface area (TPSA) is 112 Å². The maximum atomic E-state index is 12.6. The summed E-state index contributed by atoms with van der Waals surface area (Å²) in [6, 6.07) is 3.45. The monoisotopic (exact) mass is 297 g/mol. The van der Waals surface area contributed by atoms with Gasteiger partial charge < -0.3 is 5.43 Å². The van der Waals surface area contributed by atoms with Gasteiger partial charge >= 0.3 is 0 Å². The number of anilines is 1. The minimum atomic E-state index is -3.73. The maximum absolute atomic E-state index is 12.6. The molecule has 0 radical (unpaired) electrons. The van der Waals surface area contributed by atoms with Crippen molar-refractivity contribution >= 4 is 15.7 Å². The van der Waals surface area contributed by atoms with E-state index in [0.29, 0.717) is 6.54 Å². The van der Waals surface area contributed by atoms with Crippen LogP contribution in [0.25, 0.3) is 0 Å². The largest absolute Gasteiger partial charge is 0.323 e. The van der Waals surface area contributed by atoms with Gasteiger partial charge in [0, 0.05) is 31.9 Å². The van der Waals surface area contributed by atoms with Crippen LogP contribution in [-0.4, -0.2) is 30.8 Å². The Morgan fingerprint density at radius 1 is 1.55 bits per heavy atom. The van der Waals surface area contributed by atoms with Crippen molar-refractivity contribution in [2.24, 2.45) is 11.8 Å². The molecule has 8 heteroatoms. The third-order valence-corrected chi connectivity index (χ3v) is 4.49. The average Bonchev–Trinajstić information content (AvgIpc) is 2.42. The molecule has 0 aliphatic rings. The standard InChI is InChI=1S/C12H19N5O2S/c1-10(2)9-17(7-3-5-13)20(18,19)12-8-15-6-4-11(12)16-14/h4,6,8,10H,3,7,9,14H2,1-2H3,(H,15,16). The van der Waals surface area contributed by atoms with E-state index in [4.69, 9.17) is 11.1 Å². The third kappa shape index (κ3) is 3.90. The van der Waals surface area contributed by atoms with Crippen LogP contribution >= 0.6 is 0 Å². The van der Waals surface area contributed by atoms with E-state index in [1.54, 1.807) is 0 Å². The molecule has 0 aliphatic heterocycles. The van der Waals surface area contributed by atoms with Crippen LogP contribution in [0.5, 0.6) is 0 Å². The summed E-state index contributed by atoms with van der Waals surface area (Å²) < 4.78 is 26.6. The molecule has 110 valence electrons. The maximum Gasteiger partial charge on any atom is 0.246 e. The zero-order valence-corrected chi connectivity index (χ0v) is 12.4. The smallest absolute Gasteiger partial charge is 0.246 e. The fourth-order valence-electron chi connectivity index (χ4n) is 1.74. The Hall–Kier alpha value is -1.69. The van der Waals surface area contributed by atoms with E-state index in [1.165, 1.54) is 22.8 Å². The van der Waals surface area contributed by atoms with Crippen molar-refractivity contribution < 1.29 is 8.42 Å². The predicted molar refractivity (Wildman–Crippen MR) is 75.9 cm³/mol. The first-order chi connectivity index (χ1) is 9.43. The Bertz CT molecular complexity index is 580. The van der Waals surface area contributed by atoms with Crippen LogP contribution in [0.15, 0.2) is 23.4 Å². The summed E-state index contributed by atoms with van der Waals surface area (Å²) >= 11 is 0. The van der Waals surface area contributed by atoms with Crippen molar-refractivity contribution in [3.05, 3.63) is 18.5 Å². The van der Waals surface area contributed by atoms with Crippen molar-refractivity contribution in [2.75, 3.05) is 18.5 Å². The molecule has 0 saturated carbocycles. The van der Waals surface area contributed by atoms with Crippen molar-refractivity contribution in [1.29, 1.82) is 5.26 Å². The van der Waals surface area contributed by atoms with Crippen LogP contribution in [0.1, 0.15) is 20.3 Å². The number of pyridine rings is 1. The molecule has 0 spiro atoms. The molecule has 0 unspecified atom stereocenters. The molecule has 20 heavy (non-hydrogen) atoms. The summed E-state index contributed by atoms with van der Waals surface area (Å²) in [4.78, 5) is 3.85. The molecule has 0 fully saturated rings. The van der Waals surface area contributed by atoms with Gasteiger partial charge in [-0.3, -0.25) is 10.8 Å². The highest BCUT2D eigenvalue weighted by atomic mass is 32.2. The lowest BCUT2D eigenvalue weighted by Gasteiger charge is -2.23. The molecule has 3 N–H and O–H groups in total. The molecule has 0 bridgehead atoms. The Balaban J connectivity index is 3.18. The molecule has 1 heterocycles. The average molecular weight is 297 g/mol. The molecule has 0 atom stereocenters. The molecular formula is C12H19N5O2S. The lowest BCUT2D eigenvalue weighted by Crippen LogP contribution is -2.35. The number of aromatic nitrogens is 1. The summed E-state index contributed by atoms with van der Waals surface area (Å²) in [5.41, 5.74) is 2.64. The van der Waals surface area contributed by atoms with Crippen LogP contribution in [0.3, 0.4) is 0 Å². The number of hydrazine groups is 1. The summed E-state index contributed by atoms with van der Waals surface area (Å²) in [6.07, 6.45) is 2.85. The zero-order valence-electron chi connectivity index (χ0n) is 11.6. The van der Waals surface area contributed by atoms with Gasteiger partial charge in [0.15, 0.2) is 0 Å². The first kappa shape index (κ1) is 16.4. The van der Waals surface area contributed by atoms with Crippen LogP contribution in [0.2, 0.25) is 0 Å². The van der Waals surface area contributed by atoms with Gasteiger partial charge in [0.2, 0.25) is 10.0 Å². The van der Waals surface area contributed by atoms with E-state index in [0.717, 1.165) is 0 Å². The highest BCUT2D eigenvalue weighted by molar-refractivity contribution is 7.89. The number of nitrogen functional groups attached to an aromatic ring is 1. The minimum Gasteiger partial charge on any atom is -0.323 e. The molecule has 1 aromatic rings. The van der Waals surface area contributed by atoms with Crippen molar-refractivity contribution in [1.82, 2.24) is 9.29 Å². The first-order valence-corrected chi connectivity index (χ1v) is 7.65. The summed E-state index contributed by atoms with van der Waals surface area (Å²) in [7, 11) is -3.73. The fraction of sp³-hybridized carbons (Fsp3) is 0.500. The second-order valence-electron chi connectivity index (χ2n) is 4.68. The number of rotatable bonds is 7. The zero-order chi connectivity index (χ0) is 15.2. The second-order valence-corrected chi connectivity index (χ2v) is 6.59. The Morgan fingerprint density at radius 2 is 2.25 bits per heavy atom. The van der Waals surface area contributed by atoms with Crippen LogP contribution in [-0.2, 0) is 10.0 Å². The van der Waals surface area contributed by atoms with Gasteiger partial charge in [0.25, 0.3) is 0 Å². The number of hydrogen-bond acceptors (Lipinski definition) is 6. The summed E-state index contributed by atoms with van der Waals surface area (Å²) in [6.45, 7) is 4.32.